The first-order chi connectivity index (χ1) is 14.1. The molecule has 2 N–H and O–H groups in total. The van der Waals surface area contributed by atoms with Crippen LogP contribution in [0.3, 0.4) is 0 Å². The van der Waals surface area contributed by atoms with E-state index in [2.05, 4.69) is 10.6 Å². The lowest BCUT2D eigenvalue weighted by molar-refractivity contribution is 0.521. The zero-order chi connectivity index (χ0) is 22.1. The van der Waals surface area contributed by atoms with Crippen LogP contribution >= 0.6 is 0 Å². The van der Waals surface area contributed by atoms with E-state index in [0.29, 0.717) is 24.4 Å². The Labute approximate surface area is 176 Å². The van der Waals surface area contributed by atoms with Gasteiger partial charge in [0.2, 0.25) is 10.0 Å². The highest BCUT2D eigenvalue weighted by Gasteiger charge is 2.19. The van der Waals surface area contributed by atoms with Gasteiger partial charge in [0.25, 0.3) is 0 Å². The number of anilines is 2. The van der Waals surface area contributed by atoms with Gasteiger partial charge in [0.15, 0.2) is 0 Å². The second-order valence-electron chi connectivity index (χ2n) is 7.40. The minimum absolute atomic E-state index is 0.195. The monoisotopic (exact) mass is 429 g/mol. The zero-order valence-corrected chi connectivity index (χ0v) is 18.7. The molecule has 0 amide bonds. The van der Waals surface area contributed by atoms with Gasteiger partial charge in [-0.15, -0.1) is 0 Å². The molecule has 0 saturated heterocycles. The minimum Gasteiger partial charge on any atom is -0.423 e. The zero-order valence-electron chi connectivity index (χ0n) is 17.9. The Morgan fingerprint density at radius 1 is 0.967 bits per heavy atom. The molecule has 0 atom stereocenters. The Balaban J connectivity index is 2.02. The van der Waals surface area contributed by atoms with Crippen molar-refractivity contribution in [3.05, 3.63) is 63.5 Å². The van der Waals surface area contributed by atoms with Crippen molar-refractivity contribution < 1.29 is 12.8 Å². The number of benzene rings is 2. The molecule has 0 spiro atoms. The second kappa shape index (κ2) is 8.49. The highest BCUT2D eigenvalue weighted by molar-refractivity contribution is 7.89. The molecule has 0 bridgehead atoms. The van der Waals surface area contributed by atoms with Crippen LogP contribution in [0, 0.1) is 13.8 Å². The number of aryl methyl sites for hydroxylation is 2. The Morgan fingerprint density at radius 2 is 1.67 bits per heavy atom. The summed E-state index contributed by atoms with van der Waals surface area (Å²) >= 11 is 0. The van der Waals surface area contributed by atoms with Gasteiger partial charge in [0.1, 0.15) is 5.58 Å². The first kappa shape index (κ1) is 21.9. The second-order valence-corrected chi connectivity index (χ2v) is 9.55. The van der Waals surface area contributed by atoms with Gasteiger partial charge in [0, 0.05) is 38.6 Å². The van der Waals surface area contributed by atoms with Crippen molar-refractivity contribution in [3.8, 4) is 0 Å². The minimum atomic E-state index is -3.57. The van der Waals surface area contributed by atoms with Gasteiger partial charge in [-0.05, 0) is 67.8 Å². The Kier molecular flexibility index (Phi) is 6.19. The van der Waals surface area contributed by atoms with Crippen LogP contribution in [-0.2, 0) is 16.6 Å². The van der Waals surface area contributed by atoms with Crippen LogP contribution in [0.1, 0.15) is 23.6 Å². The lowest BCUT2D eigenvalue weighted by Crippen LogP contribution is -2.22. The largest absolute Gasteiger partial charge is 0.423 e. The number of nitrogens with one attached hydrogen (secondary N) is 2. The van der Waals surface area contributed by atoms with Crippen LogP contribution in [-0.4, -0.2) is 33.4 Å². The molecule has 0 unspecified atom stereocenters. The molecule has 2 aromatic carbocycles. The first-order valence-electron chi connectivity index (χ1n) is 9.71. The summed E-state index contributed by atoms with van der Waals surface area (Å²) in [7, 11) is -0.565. The van der Waals surface area contributed by atoms with Gasteiger partial charge >= 0.3 is 5.63 Å². The molecule has 0 radical (unpaired) electrons. The van der Waals surface area contributed by atoms with E-state index in [4.69, 9.17) is 4.42 Å². The van der Waals surface area contributed by atoms with Gasteiger partial charge in [-0.25, -0.2) is 17.5 Å². The van der Waals surface area contributed by atoms with Crippen molar-refractivity contribution >= 4 is 32.4 Å². The third kappa shape index (κ3) is 4.34. The summed E-state index contributed by atoms with van der Waals surface area (Å²) < 4.78 is 31.6. The van der Waals surface area contributed by atoms with Gasteiger partial charge in [-0.3, -0.25) is 0 Å². The summed E-state index contributed by atoms with van der Waals surface area (Å²) in [6.45, 7) is 6.98. The van der Waals surface area contributed by atoms with Crippen LogP contribution in [0.2, 0.25) is 0 Å². The van der Waals surface area contributed by atoms with Crippen molar-refractivity contribution in [2.24, 2.45) is 0 Å². The summed E-state index contributed by atoms with van der Waals surface area (Å²) in [5.74, 6) is 0. The first-order valence-corrected chi connectivity index (χ1v) is 11.2. The van der Waals surface area contributed by atoms with Crippen molar-refractivity contribution in [2.45, 2.75) is 32.2 Å². The Bertz CT molecular complexity index is 1250. The number of fused-ring (bicyclic) bond motifs is 1. The molecular formula is C22H27N3O4S. The predicted molar refractivity (Wildman–Crippen MR) is 121 cm³/mol. The van der Waals surface area contributed by atoms with Gasteiger partial charge < -0.3 is 15.1 Å². The van der Waals surface area contributed by atoms with E-state index in [0.717, 1.165) is 27.8 Å². The number of hydrogen-bond donors (Lipinski definition) is 2. The third-order valence-corrected chi connectivity index (χ3v) is 6.86. The highest BCUT2D eigenvalue weighted by Crippen LogP contribution is 2.28. The molecule has 160 valence electrons. The van der Waals surface area contributed by atoms with Crippen molar-refractivity contribution in [1.29, 1.82) is 0 Å². The standard InChI is InChI=1S/C22H27N3O4S/c1-6-23-19-8-7-17(30(27,28)25(4)5)12-20(19)24-13-16-11-22(26)29-21-10-15(3)14(2)9-18(16)21/h7-12,23-24H,6,13H2,1-5H3. The van der Waals surface area contributed by atoms with E-state index in [1.54, 1.807) is 18.2 Å². The number of nitrogens with zero attached hydrogens (tertiary/aromatic N) is 1. The van der Waals surface area contributed by atoms with Gasteiger partial charge in [0.05, 0.1) is 16.3 Å². The van der Waals surface area contributed by atoms with Crippen molar-refractivity contribution in [3.63, 3.8) is 0 Å². The molecule has 0 aliphatic rings. The maximum atomic E-state index is 12.5. The molecule has 0 aliphatic heterocycles. The molecule has 3 rings (SSSR count). The van der Waals surface area contributed by atoms with Crippen LogP contribution in [0.15, 0.2) is 50.5 Å². The van der Waals surface area contributed by atoms with Gasteiger partial charge in [-0.1, -0.05) is 0 Å². The maximum absolute atomic E-state index is 12.5. The van der Waals surface area contributed by atoms with Crippen LogP contribution in [0.4, 0.5) is 11.4 Å². The summed E-state index contributed by atoms with van der Waals surface area (Å²) in [5, 5.41) is 7.38. The highest BCUT2D eigenvalue weighted by atomic mass is 32.2. The van der Waals surface area contributed by atoms with E-state index in [-0.39, 0.29) is 4.90 Å². The van der Waals surface area contributed by atoms with Crippen LogP contribution in [0.25, 0.3) is 11.0 Å². The van der Waals surface area contributed by atoms with Crippen molar-refractivity contribution in [1.82, 2.24) is 4.31 Å². The normalized spacial score (nSPS) is 11.8. The Hall–Kier alpha value is -2.84. The summed E-state index contributed by atoms with van der Waals surface area (Å²) in [5.41, 5.74) is 4.49. The lowest BCUT2D eigenvalue weighted by Gasteiger charge is -2.17. The van der Waals surface area contributed by atoms with E-state index < -0.39 is 15.6 Å². The molecule has 0 aliphatic carbocycles. The average molecular weight is 430 g/mol. The maximum Gasteiger partial charge on any atom is 0.336 e. The molecule has 7 nitrogen and oxygen atoms in total. The lowest BCUT2D eigenvalue weighted by atomic mass is 10.0. The summed E-state index contributed by atoms with van der Waals surface area (Å²) in [6, 6.07) is 10.3. The summed E-state index contributed by atoms with van der Waals surface area (Å²) in [4.78, 5) is 12.2. The van der Waals surface area contributed by atoms with E-state index >= 15 is 0 Å². The topological polar surface area (TPSA) is 91.7 Å². The fraction of sp³-hybridized carbons (Fsp3) is 0.318. The van der Waals surface area contributed by atoms with E-state index in [1.165, 1.54) is 24.5 Å². The number of hydrogen-bond acceptors (Lipinski definition) is 6. The third-order valence-electron chi connectivity index (χ3n) is 5.05. The summed E-state index contributed by atoms with van der Waals surface area (Å²) in [6.07, 6.45) is 0. The van der Waals surface area contributed by atoms with Crippen molar-refractivity contribution in [2.75, 3.05) is 31.3 Å². The molecule has 8 heteroatoms. The van der Waals surface area contributed by atoms with E-state index in [1.807, 2.05) is 32.9 Å². The molecule has 1 aromatic heterocycles. The molecule has 0 saturated carbocycles. The molecule has 0 fully saturated rings. The molecule has 30 heavy (non-hydrogen) atoms. The number of rotatable bonds is 7. The fourth-order valence-electron chi connectivity index (χ4n) is 3.21. The van der Waals surface area contributed by atoms with Gasteiger partial charge in [-0.2, -0.15) is 0 Å². The molecule has 3 aromatic rings. The SMILES string of the molecule is CCNc1ccc(S(=O)(=O)N(C)C)cc1NCc1cc(=O)oc2cc(C)c(C)cc12. The average Bonchev–Trinajstić information content (AvgIpc) is 2.68. The molecule has 1 heterocycles. The quantitative estimate of drug-likeness (QED) is 0.557. The predicted octanol–water partition coefficient (Wildman–Crippen LogP) is 3.70. The fourth-order valence-corrected chi connectivity index (χ4v) is 4.13. The Morgan fingerprint density at radius 3 is 2.33 bits per heavy atom. The van der Waals surface area contributed by atoms with E-state index in [9.17, 15) is 13.2 Å². The van der Waals surface area contributed by atoms with Crippen LogP contribution < -0.4 is 16.3 Å². The number of sulfonamides is 1. The van der Waals surface area contributed by atoms with Crippen LogP contribution in [0.5, 0.6) is 0 Å². The smallest absolute Gasteiger partial charge is 0.336 e. The molecular weight excluding hydrogens is 402 g/mol.